The average Bonchev–Trinajstić information content (AvgIpc) is 2.97. The summed E-state index contributed by atoms with van der Waals surface area (Å²) in [5.74, 6) is 0.0978. The molecule has 7 nitrogen and oxygen atoms in total. The molecule has 0 spiro atoms. The molecule has 21 heavy (non-hydrogen) atoms. The summed E-state index contributed by atoms with van der Waals surface area (Å²) in [7, 11) is 1.53. The van der Waals surface area contributed by atoms with Crippen molar-refractivity contribution < 1.29 is 9.59 Å². The van der Waals surface area contributed by atoms with Gasteiger partial charge in [-0.3, -0.25) is 14.7 Å². The van der Waals surface area contributed by atoms with Gasteiger partial charge in [0.2, 0.25) is 5.82 Å². The normalized spacial score (nSPS) is 10.5. The van der Waals surface area contributed by atoms with E-state index in [2.05, 4.69) is 25.8 Å². The molecule has 110 valence electrons. The van der Waals surface area contributed by atoms with Crippen molar-refractivity contribution >= 4 is 17.5 Å². The van der Waals surface area contributed by atoms with Crippen molar-refractivity contribution in [3.8, 4) is 0 Å². The lowest BCUT2D eigenvalue weighted by Crippen LogP contribution is -2.22. The molecule has 1 aromatic heterocycles. The molecule has 0 bridgehead atoms. The average molecular weight is 287 g/mol. The van der Waals surface area contributed by atoms with Crippen molar-refractivity contribution in [2.45, 2.75) is 19.8 Å². The Kier molecular flexibility index (Phi) is 4.32. The number of hydrogen-bond acceptors (Lipinski definition) is 4. The van der Waals surface area contributed by atoms with Crippen LogP contribution in [-0.2, 0) is 0 Å². The number of carbonyl (C=O) groups excluding carboxylic acids is 2. The van der Waals surface area contributed by atoms with Gasteiger partial charge in [-0.1, -0.05) is 26.0 Å². The number of para-hydroxylation sites is 1. The van der Waals surface area contributed by atoms with Gasteiger partial charge in [0.25, 0.3) is 11.8 Å². The lowest BCUT2D eigenvalue weighted by Gasteiger charge is -2.08. The van der Waals surface area contributed by atoms with Crippen molar-refractivity contribution in [2.24, 2.45) is 0 Å². The zero-order valence-corrected chi connectivity index (χ0v) is 12.1. The van der Waals surface area contributed by atoms with E-state index in [1.807, 2.05) is 13.8 Å². The highest BCUT2D eigenvalue weighted by Crippen LogP contribution is 2.16. The first kappa shape index (κ1) is 14.7. The first-order valence-corrected chi connectivity index (χ1v) is 6.57. The minimum absolute atomic E-state index is 0.0467. The summed E-state index contributed by atoms with van der Waals surface area (Å²) in [6.07, 6.45) is 0. The maximum absolute atomic E-state index is 12.1. The highest BCUT2D eigenvalue weighted by Gasteiger charge is 2.17. The summed E-state index contributed by atoms with van der Waals surface area (Å²) >= 11 is 0. The Morgan fingerprint density at radius 3 is 2.52 bits per heavy atom. The Hall–Kier alpha value is -2.70. The molecule has 0 saturated carbocycles. The van der Waals surface area contributed by atoms with E-state index in [1.54, 1.807) is 24.3 Å². The second-order valence-corrected chi connectivity index (χ2v) is 4.78. The lowest BCUT2D eigenvalue weighted by molar-refractivity contribution is 0.0964. The van der Waals surface area contributed by atoms with Gasteiger partial charge < -0.3 is 10.6 Å². The smallest absolute Gasteiger partial charge is 0.295 e. The van der Waals surface area contributed by atoms with Crippen LogP contribution in [0.5, 0.6) is 0 Å². The molecule has 0 unspecified atom stereocenters. The van der Waals surface area contributed by atoms with Crippen molar-refractivity contribution in [3.05, 3.63) is 41.5 Å². The van der Waals surface area contributed by atoms with Gasteiger partial charge in [0, 0.05) is 13.0 Å². The molecule has 0 aliphatic heterocycles. The summed E-state index contributed by atoms with van der Waals surface area (Å²) < 4.78 is 0. The first-order chi connectivity index (χ1) is 10.0. The van der Waals surface area contributed by atoms with Crippen LogP contribution in [0.2, 0.25) is 0 Å². The molecule has 2 amide bonds. The molecule has 7 heteroatoms. The van der Waals surface area contributed by atoms with Crippen LogP contribution < -0.4 is 10.6 Å². The standard InChI is InChI=1S/C14H17N5O2/c1-8(2)11-17-12(19-18-11)14(21)16-10-7-5-4-6-9(10)13(20)15-3/h4-8H,1-3H3,(H,15,20)(H,16,21)(H,17,18,19). The van der Waals surface area contributed by atoms with Crippen molar-refractivity contribution in [1.82, 2.24) is 20.5 Å². The molecular weight excluding hydrogens is 270 g/mol. The molecule has 2 rings (SSSR count). The minimum atomic E-state index is -0.463. The molecule has 0 radical (unpaired) electrons. The SMILES string of the molecule is CNC(=O)c1ccccc1NC(=O)c1n[nH]c(C(C)C)n1. The van der Waals surface area contributed by atoms with E-state index < -0.39 is 5.91 Å². The van der Waals surface area contributed by atoms with Crippen LogP contribution in [0, 0.1) is 0 Å². The van der Waals surface area contributed by atoms with Crippen molar-refractivity contribution in [3.63, 3.8) is 0 Å². The predicted octanol–water partition coefficient (Wildman–Crippen LogP) is 1.54. The number of nitrogens with zero attached hydrogens (tertiary/aromatic N) is 2. The summed E-state index contributed by atoms with van der Waals surface area (Å²) in [5, 5.41) is 11.8. The number of hydrogen-bond donors (Lipinski definition) is 3. The van der Waals surface area contributed by atoms with Crippen LogP contribution in [0.25, 0.3) is 0 Å². The van der Waals surface area contributed by atoms with Crippen LogP contribution in [0.1, 0.15) is 46.6 Å². The Balaban J connectivity index is 2.21. The fraction of sp³-hybridized carbons (Fsp3) is 0.286. The van der Waals surface area contributed by atoms with Gasteiger partial charge in [0.05, 0.1) is 11.3 Å². The molecule has 1 heterocycles. The molecular formula is C14H17N5O2. The van der Waals surface area contributed by atoms with Crippen LogP contribution in [0.15, 0.2) is 24.3 Å². The van der Waals surface area contributed by atoms with Crippen LogP contribution >= 0.6 is 0 Å². The molecule has 0 fully saturated rings. The van der Waals surface area contributed by atoms with Crippen molar-refractivity contribution in [2.75, 3.05) is 12.4 Å². The van der Waals surface area contributed by atoms with Gasteiger partial charge in [0.1, 0.15) is 5.82 Å². The number of benzene rings is 1. The van der Waals surface area contributed by atoms with Gasteiger partial charge >= 0.3 is 0 Å². The third kappa shape index (κ3) is 3.25. The Morgan fingerprint density at radius 2 is 1.90 bits per heavy atom. The highest BCUT2D eigenvalue weighted by molar-refractivity contribution is 6.07. The summed E-state index contributed by atoms with van der Waals surface area (Å²) in [6, 6.07) is 6.74. The molecule has 0 aliphatic carbocycles. The number of rotatable bonds is 4. The van der Waals surface area contributed by atoms with Crippen molar-refractivity contribution in [1.29, 1.82) is 0 Å². The molecule has 1 aromatic carbocycles. The van der Waals surface area contributed by atoms with Gasteiger partial charge in [-0.25, -0.2) is 4.98 Å². The summed E-state index contributed by atoms with van der Waals surface area (Å²) in [5.41, 5.74) is 0.797. The topological polar surface area (TPSA) is 99.8 Å². The van der Waals surface area contributed by atoms with E-state index in [0.717, 1.165) is 0 Å². The maximum Gasteiger partial charge on any atom is 0.295 e. The van der Waals surface area contributed by atoms with Crippen LogP contribution in [0.4, 0.5) is 5.69 Å². The number of H-pyrrole nitrogens is 1. The largest absolute Gasteiger partial charge is 0.355 e. The Morgan fingerprint density at radius 1 is 1.19 bits per heavy atom. The van der Waals surface area contributed by atoms with E-state index >= 15 is 0 Å². The molecule has 3 N–H and O–H groups in total. The number of carbonyl (C=O) groups is 2. The number of anilines is 1. The monoisotopic (exact) mass is 287 g/mol. The van der Waals surface area contributed by atoms with Crippen LogP contribution in [0.3, 0.4) is 0 Å². The van der Waals surface area contributed by atoms with Gasteiger partial charge in [-0.2, -0.15) is 0 Å². The third-order valence-corrected chi connectivity index (χ3v) is 2.90. The number of nitrogens with one attached hydrogen (secondary N) is 3. The van der Waals surface area contributed by atoms with E-state index in [-0.39, 0.29) is 17.6 Å². The third-order valence-electron chi connectivity index (χ3n) is 2.90. The number of aromatic nitrogens is 3. The first-order valence-electron chi connectivity index (χ1n) is 6.57. The zero-order valence-electron chi connectivity index (χ0n) is 12.1. The molecule has 0 saturated heterocycles. The fourth-order valence-electron chi connectivity index (χ4n) is 1.74. The van der Waals surface area contributed by atoms with Gasteiger partial charge in [-0.15, -0.1) is 5.10 Å². The summed E-state index contributed by atoms with van der Waals surface area (Å²) in [4.78, 5) is 28.0. The maximum atomic E-state index is 12.1. The molecule has 0 atom stereocenters. The van der Waals surface area contributed by atoms with Crippen LogP contribution in [-0.4, -0.2) is 34.0 Å². The lowest BCUT2D eigenvalue weighted by atomic mass is 10.1. The second kappa shape index (κ2) is 6.17. The van der Waals surface area contributed by atoms with E-state index in [4.69, 9.17) is 0 Å². The zero-order chi connectivity index (χ0) is 15.4. The molecule has 2 aromatic rings. The highest BCUT2D eigenvalue weighted by atomic mass is 16.2. The fourth-order valence-corrected chi connectivity index (χ4v) is 1.74. The number of amides is 2. The minimum Gasteiger partial charge on any atom is -0.355 e. The quantitative estimate of drug-likeness (QED) is 0.794. The van der Waals surface area contributed by atoms with E-state index in [0.29, 0.717) is 17.1 Å². The van der Waals surface area contributed by atoms with E-state index in [1.165, 1.54) is 7.05 Å². The predicted molar refractivity (Wildman–Crippen MR) is 78.3 cm³/mol. The molecule has 0 aliphatic rings. The Labute approximate surface area is 122 Å². The number of aromatic amines is 1. The van der Waals surface area contributed by atoms with Gasteiger partial charge in [-0.05, 0) is 12.1 Å². The van der Waals surface area contributed by atoms with E-state index in [9.17, 15) is 9.59 Å². The Bertz CT molecular complexity index is 663. The van der Waals surface area contributed by atoms with Gasteiger partial charge in [0.15, 0.2) is 0 Å². The summed E-state index contributed by atoms with van der Waals surface area (Å²) in [6.45, 7) is 3.90. The second-order valence-electron chi connectivity index (χ2n) is 4.78.